The van der Waals surface area contributed by atoms with Crippen LogP contribution in [0.4, 0.5) is 11.4 Å². The topological polar surface area (TPSA) is 38.3 Å². The summed E-state index contributed by atoms with van der Waals surface area (Å²) in [6, 6.07) is 13.6. The Kier molecular flexibility index (Phi) is 2.49. The van der Waals surface area contributed by atoms with Crippen molar-refractivity contribution in [1.82, 2.24) is 0 Å². The highest BCUT2D eigenvalue weighted by Gasteiger charge is 2.18. The fourth-order valence-electron chi connectivity index (χ4n) is 1.76. The fourth-order valence-corrected chi connectivity index (χ4v) is 2.77. The summed E-state index contributed by atoms with van der Waals surface area (Å²) in [7, 11) is 0. The second-order valence-corrected chi connectivity index (χ2v) is 4.62. The van der Waals surface area contributed by atoms with Gasteiger partial charge in [-0.15, -0.1) is 0 Å². The van der Waals surface area contributed by atoms with E-state index in [0.717, 1.165) is 21.2 Å². The first kappa shape index (κ1) is 10.2. The van der Waals surface area contributed by atoms with Gasteiger partial charge in [0, 0.05) is 9.79 Å². The zero-order chi connectivity index (χ0) is 11.7. The average Bonchev–Trinajstić information content (AvgIpc) is 2.37. The van der Waals surface area contributed by atoms with E-state index in [0.29, 0.717) is 5.75 Å². The van der Waals surface area contributed by atoms with Crippen molar-refractivity contribution in [2.75, 3.05) is 5.32 Å². The molecule has 0 saturated heterocycles. The van der Waals surface area contributed by atoms with Gasteiger partial charge in [0.15, 0.2) is 5.75 Å². The standard InChI is InChI=1S/C13H8NO2S/c15-8-16-10-5-3-7-12-13(10)14-9-4-1-2-6-11(9)17-12/h1-7,14H. The van der Waals surface area contributed by atoms with Crippen molar-refractivity contribution in [3.05, 3.63) is 42.5 Å². The van der Waals surface area contributed by atoms with Gasteiger partial charge in [-0.25, -0.2) is 4.79 Å². The number of hydrogen-bond acceptors (Lipinski definition) is 4. The summed E-state index contributed by atoms with van der Waals surface area (Å²) >= 11 is 1.65. The van der Waals surface area contributed by atoms with Gasteiger partial charge in [-0.2, -0.15) is 0 Å². The summed E-state index contributed by atoms with van der Waals surface area (Å²) in [6.07, 6.45) is 0. The Hall–Kier alpha value is -1.94. The second-order valence-electron chi connectivity index (χ2n) is 3.54. The monoisotopic (exact) mass is 242 g/mol. The molecule has 3 rings (SSSR count). The summed E-state index contributed by atoms with van der Waals surface area (Å²) < 4.78 is 4.84. The molecule has 1 N–H and O–H groups in total. The molecular formula is C13H8NO2S. The number of hydrogen-bond donors (Lipinski definition) is 1. The van der Waals surface area contributed by atoms with Crippen molar-refractivity contribution in [1.29, 1.82) is 0 Å². The zero-order valence-corrected chi connectivity index (χ0v) is 9.58. The second kappa shape index (κ2) is 4.14. The molecule has 0 atom stereocenters. The van der Waals surface area contributed by atoms with E-state index in [1.165, 1.54) is 6.47 Å². The van der Waals surface area contributed by atoms with Crippen molar-refractivity contribution >= 4 is 29.6 Å². The SMILES string of the molecule is O=[C]Oc1cccc2c1Nc1ccccc1S2. The lowest BCUT2D eigenvalue weighted by Gasteiger charge is -2.21. The first-order valence-electron chi connectivity index (χ1n) is 5.09. The molecule has 0 unspecified atom stereocenters. The molecule has 0 bridgehead atoms. The van der Waals surface area contributed by atoms with E-state index in [9.17, 15) is 4.79 Å². The maximum absolute atomic E-state index is 10.3. The number of fused-ring (bicyclic) bond motifs is 2. The number of carbonyl (C=O) groups excluding carboxylic acids is 1. The van der Waals surface area contributed by atoms with Crippen LogP contribution >= 0.6 is 11.8 Å². The molecule has 0 aromatic heterocycles. The van der Waals surface area contributed by atoms with Crippen LogP contribution in [0.3, 0.4) is 0 Å². The van der Waals surface area contributed by atoms with Crippen molar-refractivity contribution < 1.29 is 9.53 Å². The van der Waals surface area contributed by atoms with Gasteiger partial charge in [0.2, 0.25) is 0 Å². The van der Waals surface area contributed by atoms with E-state index < -0.39 is 0 Å². The first-order chi connectivity index (χ1) is 8.38. The summed E-state index contributed by atoms with van der Waals surface area (Å²) in [5.74, 6) is 0.500. The van der Waals surface area contributed by atoms with Crippen LogP contribution < -0.4 is 10.1 Å². The molecule has 1 radical (unpaired) electrons. The number of nitrogens with one attached hydrogen (secondary N) is 1. The van der Waals surface area contributed by atoms with Gasteiger partial charge < -0.3 is 10.1 Å². The van der Waals surface area contributed by atoms with Crippen LogP contribution in [0.1, 0.15) is 0 Å². The minimum Gasteiger partial charge on any atom is -0.416 e. The van der Waals surface area contributed by atoms with E-state index in [4.69, 9.17) is 4.74 Å². The van der Waals surface area contributed by atoms with Crippen LogP contribution in [0.5, 0.6) is 5.75 Å². The molecule has 1 aliphatic heterocycles. The predicted molar refractivity (Wildman–Crippen MR) is 66.6 cm³/mol. The summed E-state index contributed by atoms with van der Waals surface area (Å²) in [5, 5.41) is 3.27. The van der Waals surface area contributed by atoms with Crippen molar-refractivity contribution in [3.8, 4) is 5.75 Å². The van der Waals surface area contributed by atoms with E-state index in [2.05, 4.69) is 11.4 Å². The summed E-state index contributed by atoms with van der Waals surface area (Å²) in [6.45, 7) is 1.46. The molecule has 0 spiro atoms. The molecule has 1 aliphatic rings. The van der Waals surface area contributed by atoms with Crippen molar-refractivity contribution in [2.24, 2.45) is 0 Å². The third-order valence-corrected chi connectivity index (χ3v) is 3.64. The lowest BCUT2D eigenvalue weighted by Crippen LogP contribution is -2.02. The van der Waals surface area contributed by atoms with E-state index >= 15 is 0 Å². The minimum atomic E-state index is 0.500. The van der Waals surface area contributed by atoms with Crippen LogP contribution in [0.15, 0.2) is 52.3 Å². The van der Waals surface area contributed by atoms with Gasteiger partial charge >= 0.3 is 6.47 Å². The number of anilines is 2. The van der Waals surface area contributed by atoms with Gasteiger partial charge in [0.1, 0.15) is 0 Å². The highest BCUT2D eigenvalue weighted by Crippen LogP contribution is 2.47. The lowest BCUT2D eigenvalue weighted by molar-refractivity contribution is 0.443. The third kappa shape index (κ3) is 1.76. The molecule has 3 nitrogen and oxygen atoms in total. The Morgan fingerprint density at radius 1 is 1.06 bits per heavy atom. The maximum Gasteiger partial charge on any atom is 0.423 e. The van der Waals surface area contributed by atoms with Crippen molar-refractivity contribution in [2.45, 2.75) is 9.79 Å². The number of rotatable bonds is 2. The zero-order valence-electron chi connectivity index (χ0n) is 8.77. The third-order valence-electron chi connectivity index (χ3n) is 2.51. The van der Waals surface area contributed by atoms with Crippen LogP contribution in [-0.2, 0) is 4.79 Å². The largest absolute Gasteiger partial charge is 0.423 e. The Bertz CT molecular complexity index is 583. The van der Waals surface area contributed by atoms with Crippen LogP contribution in [0.2, 0.25) is 0 Å². The van der Waals surface area contributed by atoms with E-state index in [-0.39, 0.29) is 0 Å². The van der Waals surface area contributed by atoms with Crippen molar-refractivity contribution in [3.63, 3.8) is 0 Å². The summed E-state index contributed by atoms with van der Waals surface area (Å²) in [5.41, 5.74) is 1.84. The predicted octanol–water partition coefficient (Wildman–Crippen LogP) is 3.34. The quantitative estimate of drug-likeness (QED) is 0.748. The first-order valence-corrected chi connectivity index (χ1v) is 5.91. The Morgan fingerprint density at radius 2 is 1.88 bits per heavy atom. The number of para-hydroxylation sites is 2. The van der Waals surface area contributed by atoms with Gasteiger partial charge in [-0.1, -0.05) is 30.0 Å². The van der Waals surface area contributed by atoms with Crippen LogP contribution in [-0.4, -0.2) is 6.47 Å². The molecule has 0 fully saturated rings. The van der Waals surface area contributed by atoms with E-state index in [1.807, 2.05) is 30.3 Å². The molecule has 0 aliphatic carbocycles. The van der Waals surface area contributed by atoms with Gasteiger partial charge in [0.05, 0.1) is 11.4 Å². The van der Waals surface area contributed by atoms with Gasteiger partial charge in [-0.05, 0) is 24.3 Å². The molecule has 0 saturated carbocycles. The fraction of sp³-hybridized carbons (Fsp3) is 0. The Labute approximate surface area is 103 Å². The Balaban J connectivity index is 2.08. The molecule has 83 valence electrons. The molecule has 0 amide bonds. The molecule has 2 aromatic carbocycles. The molecule has 2 aromatic rings. The van der Waals surface area contributed by atoms with Gasteiger partial charge in [0.25, 0.3) is 0 Å². The average molecular weight is 242 g/mol. The molecule has 4 heteroatoms. The van der Waals surface area contributed by atoms with Crippen LogP contribution in [0.25, 0.3) is 0 Å². The smallest absolute Gasteiger partial charge is 0.416 e. The van der Waals surface area contributed by atoms with Gasteiger partial charge in [-0.3, -0.25) is 0 Å². The maximum atomic E-state index is 10.3. The van der Waals surface area contributed by atoms with E-state index in [1.54, 1.807) is 17.8 Å². The normalized spacial score (nSPS) is 12.0. The van der Waals surface area contributed by atoms with Crippen LogP contribution in [0, 0.1) is 0 Å². The summed E-state index contributed by atoms with van der Waals surface area (Å²) in [4.78, 5) is 12.5. The minimum absolute atomic E-state index is 0.500. The molecule has 17 heavy (non-hydrogen) atoms. The Morgan fingerprint density at radius 3 is 2.76 bits per heavy atom. The lowest BCUT2D eigenvalue weighted by atomic mass is 10.2. The molecular weight excluding hydrogens is 234 g/mol. The highest BCUT2D eigenvalue weighted by atomic mass is 32.2. The number of ether oxygens (including phenoxy) is 1. The molecule has 1 heterocycles. The number of benzene rings is 2. The highest BCUT2D eigenvalue weighted by molar-refractivity contribution is 7.99.